The molecule has 9 heteroatoms. The normalized spacial score (nSPS) is 11.5. The third kappa shape index (κ3) is 3.49. The summed E-state index contributed by atoms with van der Waals surface area (Å²) < 4.78 is 45.1. The van der Waals surface area contributed by atoms with Crippen LogP contribution in [-0.2, 0) is 10.0 Å². The fourth-order valence-electron chi connectivity index (χ4n) is 2.50. The Hall–Kier alpha value is -2.26. The Morgan fingerprint density at radius 3 is 2.69 bits per heavy atom. The second-order valence-electron chi connectivity index (χ2n) is 5.45. The molecule has 1 heterocycles. The smallest absolute Gasteiger partial charge is 0.265 e. The van der Waals surface area contributed by atoms with Crippen molar-refractivity contribution in [2.75, 3.05) is 18.4 Å². The maximum atomic E-state index is 13.0. The Labute approximate surface area is 159 Å². The maximum Gasteiger partial charge on any atom is 0.265 e. The van der Waals surface area contributed by atoms with E-state index in [0.29, 0.717) is 33.5 Å². The summed E-state index contributed by atoms with van der Waals surface area (Å²) in [5.41, 5.74) is 1.45. The molecule has 3 rings (SSSR count). The molecule has 0 aliphatic heterocycles. The summed E-state index contributed by atoms with van der Waals surface area (Å²) in [7, 11) is -2.47. The number of hydrogen-bond donors (Lipinski definition) is 1. The number of ether oxygens (including phenoxy) is 2. The van der Waals surface area contributed by atoms with Crippen LogP contribution in [0.3, 0.4) is 0 Å². The van der Waals surface area contributed by atoms with Crippen LogP contribution in [0.5, 0.6) is 11.5 Å². The fraction of sp³-hybridized carbons (Fsp3) is 0.235. The number of benzene rings is 2. The van der Waals surface area contributed by atoms with E-state index in [1.54, 1.807) is 38.1 Å². The van der Waals surface area contributed by atoms with Gasteiger partial charge in [-0.2, -0.15) is 0 Å². The van der Waals surface area contributed by atoms with E-state index in [-0.39, 0.29) is 16.3 Å². The lowest BCUT2D eigenvalue weighted by Gasteiger charge is -2.15. The highest BCUT2D eigenvalue weighted by Gasteiger charge is 2.23. The first kappa shape index (κ1) is 18.5. The standard InChI is InChI=1S/C17H17BrN2O5S/c1-4-24-14-6-5-11(18)7-17(14)26(21,22)20-13-8-12-10(2)19-25-15(12)9-16(13)23-3/h5-9,20H,4H2,1-3H3. The van der Waals surface area contributed by atoms with Crippen LogP contribution in [0.2, 0.25) is 0 Å². The molecular weight excluding hydrogens is 424 g/mol. The molecule has 3 aromatic rings. The van der Waals surface area contributed by atoms with E-state index in [1.165, 1.54) is 13.2 Å². The molecule has 0 spiro atoms. The van der Waals surface area contributed by atoms with Crippen molar-refractivity contribution in [1.29, 1.82) is 0 Å². The van der Waals surface area contributed by atoms with Gasteiger partial charge < -0.3 is 14.0 Å². The van der Waals surface area contributed by atoms with E-state index in [2.05, 4.69) is 25.8 Å². The molecule has 1 N–H and O–H groups in total. The molecular formula is C17H17BrN2O5S. The molecule has 0 amide bonds. The Morgan fingerprint density at radius 2 is 2.00 bits per heavy atom. The quantitative estimate of drug-likeness (QED) is 0.619. The van der Waals surface area contributed by atoms with Gasteiger partial charge in [0.05, 0.1) is 25.1 Å². The van der Waals surface area contributed by atoms with Gasteiger partial charge in [-0.1, -0.05) is 21.1 Å². The Kier molecular flexibility index (Phi) is 5.10. The van der Waals surface area contributed by atoms with E-state index in [1.807, 2.05) is 0 Å². The predicted octanol–water partition coefficient (Wildman–Crippen LogP) is 4.11. The van der Waals surface area contributed by atoms with Gasteiger partial charge in [0.25, 0.3) is 10.0 Å². The zero-order chi connectivity index (χ0) is 18.9. The zero-order valence-electron chi connectivity index (χ0n) is 14.4. The summed E-state index contributed by atoms with van der Waals surface area (Å²) in [6.45, 7) is 3.91. The highest BCUT2D eigenvalue weighted by molar-refractivity contribution is 9.10. The highest BCUT2D eigenvalue weighted by atomic mass is 79.9. The summed E-state index contributed by atoms with van der Waals surface area (Å²) in [6, 6.07) is 8.04. The fourth-order valence-corrected chi connectivity index (χ4v) is 4.25. The van der Waals surface area contributed by atoms with Gasteiger partial charge in [0, 0.05) is 15.9 Å². The second kappa shape index (κ2) is 7.16. The summed E-state index contributed by atoms with van der Waals surface area (Å²) >= 11 is 3.30. The maximum absolute atomic E-state index is 13.0. The van der Waals surface area contributed by atoms with Gasteiger partial charge in [-0.15, -0.1) is 0 Å². The van der Waals surface area contributed by atoms with Crippen LogP contribution in [0.25, 0.3) is 11.0 Å². The molecule has 0 radical (unpaired) electrons. The van der Waals surface area contributed by atoms with Crippen molar-refractivity contribution in [1.82, 2.24) is 5.16 Å². The van der Waals surface area contributed by atoms with Gasteiger partial charge in [-0.25, -0.2) is 8.42 Å². The molecule has 0 bridgehead atoms. The largest absolute Gasteiger partial charge is 0.494 e. The number of aromatic nitrogens is 1. The number of aryl methyl sites for hydroxylation is 1. The summed E-state index contributed by atoms with van der Waals surface area (Å²) in [4.78, 5) is 0.0258. The number of sulfonamides is 1. The Bertz CT molecular complexity index is 1060. The van der Waals surface area contributed by atoms with Gasteiger partial charge in [0.15, 0.2) is 5.58 Å². The summed E-state index contributed by atoms with van der Waals surface area (Å²) in [5.74, 6) is 0.592. The Balaban J connectivity index is 2.09. The second-order valence-corrected chi connectivity index (χ2v) is 8.01. The lowest BCUT2D eigenvalue weighted by atomic mass is 10.2. The molecule has 0 saturated carbocycles. The van der Waals surface area contributed by atoms with Crippen molar-refractivity contribution in [2.24, 2.45) is 0 Å². The number of rotatable bonds is 6. The topological polar surface area (TPSA) is 90.7 Å². The molecule has 0 aliphatic rings. The predicted molar refractivity (Wildman–Crippen MR) is 101 cm³/mol. The highest BCUT2D eigenvalue weighted by Crippen LogP contribution is 2.35. The lowest BCUT2D eigenvalue weighted by molar-refractivity contribution is 0.331. The van der Waals surface area contributed by atoms with Crippen molar-refractivity contribution in [3.05, 3.63) is 40.5 Å². The minimum absolute atomic E-state index is 0.0258. The molecule has 0 atom stereocenters. The van der Waals surface area contributed by atoms with Crippen molar-refractivity contribution < 1.29 is 22.4 Å². The SMILES string of the molecule is CCOc1ccc(Br)cc1S(=O)(=O)Nc1cc2c(C)noc2cc1OC. The van der Waals surface area contributed by atoms with Crippen LogP contribution in [-0.4, -0.2) is 27.3 Å². The van der Waals surface area contributed by atoms with Crippen molar-refractivity contribution in [3.63, 3.8) is 0 Å². The van der Waals surface area contributed by atoms with Crippen LogP contribution in [0, 0.1) is 6.92 Å². The van der Waals surface area contributed by atoms with Gasteiger partial charge in [-0.3, -0.25) is 4.72 Å². The van der Waals surface area contributed by atoms with E-state index in [9.17, 15) is 8.42 Å². The molecule has 2 aromatic carbocycles. The van der Waals surface area contributed by atoms with E-state index < -0.39 is 10.0 Å². The van der Waals surface area contributed by atoms with Gasteiger partial charge >= 0.3 is 0 Å². The molecule has 0 saturated heterocycles. The first-order chi connectivity index (χ1) is 12.4. The molecule has 138 valence electrons. The van der Waals surface area contributed by atoms with Crippen LogP contribution in [0.1, 0.15) is 12.6 Å². The molecule has 7 nitrogen and oxygen atoms in total. The minimum atomic E-state index is -3.92. The molecule has 0 aliphatic carbocycles. The van der Waals surface area contributed by atoms with Crippen molar-refractivity contribution >= 4 is 42.6 Å². The van der Waals surface area contributed by atoms with E-state index >= 15 is 0 Å². The van der Waals surface area contributed by atoms with Crippen LogP contribution in [0.4, 0.5) is 5.69 Å². The molecule has 0 fully saturated rings. The number of nitrogens with zero attached hydrogens (tertiary/aromatic N) is 1. The van der Waals surface area contributed by atoms with Crippen LogP contribution < -0.4 is 14.2 Å². The van der Waals surface area contributed by atoms with Gasteiger partial charge in [-0.05, 0) is 38.1 Å². The van der Waals surface area contributed by atoms with Crippen LogP contribution >= 0.6 is 15.9 Å². The average Bonchev–Trinajstić information content (AvgIpc) is 2.96. The Morgan fingerprint density at radius 1 is 1.23 bits per heavy atom. The number of halogens is 1. The van der Waals surface area contributed by atoms with Crippen molar-refractivity contribution in [3.8, 4) is 11.5 Å². The lowest BCUT2D eigenvalue weighted by Crippen LogP contribution is -2.15. The first-order valence-corrected chi connectivity index (χ1v) is 10.0. The van der Waals surface area contributed by atoms with E-state index in [0.717, 1.165) is 0 Å². The minimum Gasteiger partial charge on any atom is -0.494 e. The molecule has 0 unspecified atom stereocenters. The number of fused-ring (bicyclic) bond motifs is 1. The summed E-state index contributed by atoms with van der Waals surface area (Å²) in [5, 5.41) is 4.58. The number of methoxy groups -OCH3 is 1. The number of nitrogens with one attached hydrogen (secondary N) is 1. The zero-order valence-corrected chi connectivity index (χ0v) is 16.8. The van der Waals surface area contributed by atoms with Crippen LogP contribution in [0.15, 0.2) is 44.2 Å². The van der Waals surface area contributed by atoms with Gasteiger partial charge in [0.1, 0.15) is 16.4 Å². The summed E-state index contributed by atoms with van der Waals surface area (Å²) in [6.07, 6.45) is 0. The first-order valence-electron chi connectivity index (χ1n) is 7.75. The third-order valence-corrected chi connectivity index (χ3v) is 5.59. The van der Waals surface area contributed by atoms with E-state index in [4.69, 9.17) is 14.0 Å². The van der Waals surface area contributed by atoms with Gasteiger partial charge in [0.2, 0.25) is 0 Å². The number of anilines is 1. The number of hydrogen-bond acceptors (Lipinski definition) is 6. The monoisotopic (exact) mass is 440 g/mol. The third-order valence-electron chi connectivity index (χ3n) is 3.71. The average molecular weight is 441 g/mol. The molecule has 26 heavy (non-hydrogen) atoms. The molecule has 1 aromatic heterocycles. The van der Waals surface area contributed by atoms with Crippen molar-refractivity contribution in [2.45, 2.75) is 18.7 Å².